The summed E-state index contributed by atoms with van der Waals surface area (Å²) in [5, 5.41) is 3.43. The molecule has 0 amide bonds. The molecule has 5 heteroatoms. The normalized spacial score (nSPS) is 12.6. The highest BCUT2D eigenvalue weighted by atomic mass is 35.5. The fraction of sp³-hybridized carbons (Fsp3) is 0.500. The number of benzene rings is 1. The van der Waals surface area contributed by atoms with E-state index in [1.165, 1.54) is 12.1 Å². The van der Waals surface area contributed by atoms with Crippen molar-refractivity contribution in [1.82, 2.24) is 5.32 Å². The third-order valence-electron chi connectivity index (χ3n) is 2.86. The van der Waals surface area contributed by atoms with E-state index in [0.29, 0.717) is 17.5 Å². The predicted molar refractivity (Wildman–Crippen MR) is 79.2 cm³/mol. The van der Waals surface area contributed by atoms with Crippen molar-refractivity contribution in [3.8, 4) is 0 Å². The molecule has 0 aromatic heterocycles. The van der Waals surface area contributed by atoms with Gasteiger partial charge in [0.1, 0.15) is 5.82 Å². The van der Waals surface area contributed by atoms with Gasteiger partial charge in [0.2, 0.25) is 0 Å². The minimum Gasteiger partial charge on any atom is -0.370 e. The van der Waals surface area contributed by atoms with E-state index >= 15 is 0 Å². The zero-order valence-electron chi connectivity index (χ0n) is 11.6. The highest BCUT2D eigenvalue weighted by Gasteiger charge is 2.23. The number of nitrogens with zero attached hydrogens (tertiary/aromatic N) is 1. The number of aliphatic imine (C=N–C) groups is 1. The van der Waals surface area contributed by atoms with Gasteiger partial charge in [-0.15, -0.1) is 0 Å². The first kappa shape index (κ1) is 15.8. The third kappa shape index (κ3) is 4.71. The van der Waals surface area contributed by atoms with E-state index in [2.05, 4.69) is 17.2 Å². The average Bonchev–Trinajstić information content (AvgIpc) is 2.33. The van der Waals surface area contributed by atoms with Crippen LogP contribution in [-0.2, 0) is 5.41 Å². The lowest BCUT2D eigenvalue weighted by atomic mass is 9.84. The molecule has 0 fully saturated rings. The maximum Gasteiger partial charge on any atom is 0.188 e. The Balaban J connectivity index is 2.80. The van der Waals surface area contributed by atoms with Crippen LogP contribution in [0.15, 0.2) is 23.2 Å². The van der Waals surface area contributed by atoms with E-state index in [4.69, 9.17) is 17.3 Å². The molecule has 0 atom stereocenters. The number of rotatable bonds is 5. The Morgan fingerprint density at radius 1 is 1.47 bits per heavy atom. The molecule has 1 aromatic rings. The van der Waals surface area contributed by atoms with Crippen LogP contribution in [0.3, 0.4) is 0 Å². The molecule has 0 aliphatic heterocycles. The van der Waals surface area contributed by atoms with Crippen LogP contribution in [0.2, 0.25) is 5.02 Å². The molecule has 0 spiro atoms. The topological polar surface area (TPSA) is 50.4 Å². The molecule has 1 rings (SSSR count). The number of hydrogen-bond donors (Lipinski definition) is 2. The molecule has 0 radical (unpaired) electrons. The molecule has 0 aliphatic rings. The Morgan fingerprint density at radius 3 is 2.74 bits per heavy atom. The van der Waals surface area contributed by atoms with Crippen LogP contribution in [0.25, 0.3) is 0 Å². The van der Waals surface area contributed by atoms with Gasteiger partial charge in [0.15, 0.2) is 5.96 Å². The lowest BCUT2D eigenvalue weighted by Gasteiger charge is -2.24. The molecule has 0 saturated heterocycles. The van der Waals surface area contributed by atoms with Crippen molar-refractivity contribution in [3.05, 3.63) is 34.6 Å². The zero-order valence-corrected chi connectivity index (χ0v) is 12.4. The SMILES string of the molecule is CCCNC(N)=NCC(C)(C)c1ccc(F)cc1Cl. The molecule has 0 bridgehead atoms. The first-order chi connectivity index (χ1) is 8.86. The molecular formula is C14H21ClFN3. The quantitative estimate of drug-likeness (QED) is 0.645. The van der Waals surface area contributed by atoms with Crippen LogP contribution >= 0.6 is 11.6 Å². The number of nitrogens with one attached hydrogen (secondary N) is 1. The highest BCUT2D eigenvalue weighted by molar-refractivity contribution is 6.31. The Hall–Kier alpha value is -1.29. The van der Waals surface area contributed by atoms with Gasteiger partial charge in [-0.2, -0.15) is 0 Å². The summed E-state index contributed by atoms with van der Waals surface area (Å²) in [6, 6.07) is 4.43. The smallest absolute Gasteiger partial charge is 0.188 e. The summed E-state index contributed by atoms with van der Waals surface area (Å²) < 4.78 is 13.0. The summed E-state index contributed by atoms with van der Waals surface area (Å²) in [4.78, 5) is 4.30. The maximum absolute atomic E-state index is 13.0. The molecule has 0 saturated carbocycles. The molecule has 0 heterocycles. The van der Waals surface area contributed by atoms with Crippen molar-refractivity contribution in [2.45, 2.75) is 32.6 Å². The van der Waals surface area contributed by atoms with Gasteiger partial charge in [-0.05, 0) is 24.1 Å². The van der Waals surface area contributed by atoms with E-state index in [1.807, 2.05) is 13.8 Å². The largest absolute Gasteiger partial charge is 0.370 e. The molecule has 106 valence electrons. The van der Waals surface area contributed by atoms with Crippen LogP contribution in [0.1, 0.15) is 32.8 Å². The molecular weight excluding hydrogens is 265 g/mol. The van der Waals surface area contributed by atoms with Crippen LogP contribution < -0.4 is 11.1 Å². The fourth-order valence-electron chi connectivity index (χ4n) is 1.72. The van der Waals surface area contributed by atoms with Gasteiger partial charge in [-0.25, -0.2) is 4.39 Å². The number of nitrogens with two attached hydrogens (primary N) is 1. The molecule has 3 N–H and O–H groups in total. The number of guanidine groups is 1. The molecule has 0 aliphatic carbocycles. The van der Waals surface area contributed by atoms with Gasteiger partial charge in [0, 0.05) is 17.0 Å². The monoisotopic (exact) mass is 285 g/mol. The minimum absolute atomic E-state index is 0.302. The Bertz CT molecular complexity index is 458. The lowest BCUT2D eigenvalue weighted by Crippen LogP contribution is -2.34. The van der Waals surface area contributed by atoms with E-state index in [0.717, 1.165) is 18.5 Å². The standard InChI is InChI=1S/C14H21ClFN3/c1-4-7-18-13(17)19-9-14(2,3)11-6-5-10(16)8-12(11)15/h5-6,8H,4,7,9H2,1-3H3,(H3,17,18,19). The summed E-state index contributed by atoms with van der Waals surface area (Å²) in [7, 11) is 0. The molecule has 1 aromatic carbocycles. The van der Waals surface area contributed by atoms with Crippen LogP contribution in [0, 0.1) is 5.82 Å². The van der Waals surface area contributed by atoms with Crippen molar-refractivity contribution in [1.29, 1.82) is 0 Å². The molecule has 3 nitrogen and oxygen atoms in total. The summed E-state index contributed by atoms with van der Waals surface area (Å²) in [5.41, 5.74) is 6.31. The van der Waals surface area contributed by atoms with Crippen LogP contribution in [0.5, 0.6) is 0 Å². The van der Waals surface area contributed by atoms with Gasteiger partial charge in [0.05, 0.1) is 6.54 Å². The molecule has 0 unspecified atom stereocenters. The van der Waals surface area contributed by atoms with Crippen LogP contribution in [0.4, 0.5) is 4.39 Å². The average molecular weight is 286 g/mol. The van der Waals surface area contributed by atoms with Gasteiger partial charge < -0.3 is 11.1 Å². The number of hydrogen-bond acceptors (Lipinski definition) is 1. The Labute approximate surface area is 119 Å². The molecule has 19 heavy (non-hydrogen) atoms. The van der Waals surface area contributed by atoms with Gasteiger partial charge in [0.25, 0.3) is 0 Å². The van der Waals surface area contributed by atoms with E-state index in [1.54, 1.807) is 6.07 Å². The zero-order chi connectivity index (χ0) is 14.5. The summed E-state index contributed by atoms with van der Waals surface area (Å²) in [6.07, 6.45) is 0.989. The maximum atomic E-state index is 13.0. The summed E-state index contributed by atoms with van der Waals surface area (Å²) >= 11 is 6.08. The first-order valence-electron chi connectivity index (χ1n) is 6.36. The Morgan fingerprint density at radius 2 is 2.16 bits per heavy atom. The van der Waals surface area contributed by atoms with Crippen molar-refractivity contribution in [3.63, 3.8) is 0 Å². The summed E-state index contributed by atoms with van der Waals surface area (Å²) in [6.45, 7) is 7.35. The van der Waals surface area contributed by atoms with E-state index < -0.39 is 0 Å². The summed E-state index contributed by atoms with van der Waals surface area (Å²) in [5.74, 6) is 0.0883. The second-order valence-electron chi connectivity index (χ2n) is 5.14. The van der Waals surface area contributed by atoms with Crippen molar-refractivity contribution >= 4 is 17.6 Å². The second-order valence-corrected chi connectivity index (χ2v) is 5.54. The van der Waals surface area contributed by atoms with Gasteiger partial charge in [-0.1, -0.05) is 38.4 Å². The first-order valence-corrected chi connectivity index (χ1v) is 6.74. The van der Waals surface area contributed by atoms with E-state index in [-0.39, 0.29) is 11.2 Å². The second kappa shape index (κ2) is 6.75. The minimum atomic E-state index is -0.336. The number of halogens is 2. The highest BCUT2D eigenvalue weighted by Crippen LogP contribution is 2.30. The lowest BCUT2D eigenvalue weighted by molar-refractivity contribution is 0.536. The van der Waals surface area contributed by atoms with Gasteiger partial charge in [-0.3, -0.25) is 4.99 Å². The van der Waals surface area contributed by atoms with Crippen molar-refractivity contribution in [2.24, 2.45) is 10.7 Å². The van der Waals surface area contributed by atoms with Gasteiger partial charge >= 0.3 is 0 Å². The van der Waals surface area contributed by atoms with E-state index in [9.17, 15) is 4.39 Å². The predicted octanol–water partition coefficient (Wildman–Crippen LogP) is 3.07. The fourth-order valence-corrected chi connectivity index (χ4v) is 2.14. The van der Waals surface area contributed by atoms with Crippen molar-refractivity contribution in [2.75, 3.05) is 13.1 Å². The van der Waals surface area contributed by atoms with Crippen LogP contribution in [-0.4, -0.2) is 19.0 Å². The van der Waals surface area contributed by atoms with Crippen molar-refractivity contribution < 1.29 is 4.39 Å². The Kier molecular flexibility index (Phi) is 5.60. The third-order valence-corrected chi connectivity index (χ3v) is 3.17.